The van der Waals surface area contributed by atoms with Gasteiger partial charge in [-0.2, -0.15) is 13.2 Å². The second kappa shape index (κ2) is 6.78. The van der Waals surface area contributed by atoms with Crippen LogP contribution in [-0.4, -0.2) is 16.8 Å². The molecule has 0 saturated heterocycles. The Bertz CT molecular complexity index is 982. The van der Waals surface area contributed by atoms with Crippen molar-refractivity contribution in [3.8, 4) is 11.5 Å². The molecule has 0 amide bonds. The second-order valence-corrected chi connectivity index (χ2v) is 6.87. The monoisotopic (exact) mass is 385 g/mol. The smallest absolute Gasteiger partial charge is 0.416 e. The summed E-state index contributed by atoms with van der Waals surface area (Å²) < 4.78 is 38.9. The summed E-state index contributed by atoms with van der Waals surface area (Å²) in [6.07, 6.45) is -3.69. The molecule has 28 heavy (non-hydrogen) atoms. The van der Waals surface area contributed by atoms with Crippen LogP contribution in [0.15, 0.2) is 66.7 Å². The van der Waals surface area contributed by atoms with Gasteiger partial charge in [0.2, 0.25) is 0 Å². The van der Waals surface area contributed by atoms with Crippen molar-refractivity contribution in [3.63, 3.8) is 0 Å². The lowest BCUT2D eigenvalue weighted by molar-refractivity contribution is -0.137. The molecule has 1 unspecified atom stereocenters. The lowest BCUT2D eigenvalue weighted by Crippen LogP contribution is -2.36. The number of halogens is 3. The largest absolute Gasteiger partial charge is 0.508 e. The van der Waals surface area contributed by atoms with E-state index in [0.717, 1.165) is 34.5 Å². The molecule has 0 saturated carbocycles. The zero-order chi connectivity index (χ0) is 19.9. The molecule has 0 radical (unpaired) electrons. The van der Waals surface area contributed by atoms with E-state index >= 15 is 0 Å². The van der Waals surface area contributed by atoms with E-state index in [0.29, 0.717) is 13.0 Å². The first-order valence-electron chi connectivity index (χ1n) is 8.87. The molecule has 0 bridgehead atoms. The standard InChI is InChI=1S/C22H18F3NO2/c23-22(24,25)16-3-1-14(2-4-16)21-20-10-9-19(28)13-15(20)11-12-26(21)17-5-7-18(27)8-6-17/h1-10,13,21,27-28H,11-12H2. The van der Waals surface area contributed by atoms with Crippen molar-refractivity contribution in [2.45, 2.75) is 18.6 Å². The van der Waals surface area contributed by atoms with E-state index in [2.05, 4.69) is 4.90 Å². The number of benzene rings is 3. The molecule has 144 valence electrons. The van der Waals surface area contributed by atoms with Gasteiger partial charge < -0.3 is 15.1 Å². The average molecular weight is 385 g/mol. The van der Waals surface area contributed by atoms with Gasteiger partial charge in [0.25, 0.3) is 0 Å². The molecule has 4 rings (SSSR count). The molecular formula is C22H18F3NO2. The Labute approximate surface area is 160 Å². The van der Waals surface area contributed by atoms with Gasteiger partial charge in [0.1, 0.15) is 11.5 Å². The minimum atomic E-state index is -4.38. The molecule has 1 heterocycles. The van der Waals surface area contributed by atoms with E-state index in [4.69, 9.17) is 0 Å². The highest BCUT2D eigenvalue weighted by Crippen LogP contribution is 2.40. The SMILES string of the molecule is Oc1ccc(N2CCc3cc(O)ccc3C2c2ccc(C(F)(F)F)cc2)cc1. The number of rotatable bonds is 2. The fourth-order valence-electron chi connectivity index (χ4n) is 3.75. The van der Waals surface area contributed by atoms with Crippen molar-refractivity contribution in [2.75, 3.05) is 11.4 Å². The summed E-state index contributed by atoms with van der Waals surface area (Å²) >= 11 is 0. The summed E-state index contributed by atoms with van der Waals surface area (Å²) in [5, 5.41) is 19.4. The van der Waals surface area contributed by atoms with Gasteiger partial charge in [-0.3, -0.25) is 0 Å². The number of hydrogen-bond acceptors (Lipinski definition) is 3. The summed E-state index contributed by atoms with van der Waals surface area (Å²) in [7, 11) is 0. The zero-order valence-electron chi connectivity index (χ0n) is 14.8. The zero-order valence-corrected chi connectivity index (χ0v) is 14.8. The van der Waals surface area contributed by atoms with Crippen LogP contribution in [0, 0.1) is 0 Å². The maximum absolute atomic E-state index is 13.0. The van der Waals surface area contributed by atoms with Crippen molar-refractivity contribution in [3.05, 3.63) is 89.0 Å². The number of hydrogen-bond donors (Lipinski definition) is 2. The predicted octanol–water partition coefficient (Wildman–Crippen LogP) is 5.27. The summed E-state index contributed by atoms with van der Waals surface area (Å²) in [5.41, 5.74) is 2.82. The molecule has 0 aliphatic carbocycles. The van der Waals surface area contributed by atoms with Crippen LogP contribution < -0.4 is 4.90 Å². The minimum absolute atomic E-state index is 0.150. The van der Waals surface area contributed by atoms with Crippen LogP contribution in [-0.2, 0) is 12.6 Å². The molecule has 1 aliphatic heterocycles. The third-order valence-corrected chi connectivity index (χ3v) is 5.09. The molecule has 0 aromatic heterocycles. The molecule has 3 nitrogen and oxygen atoms in total. The number of phenols is 2. The van der Waals surface area contributed by atoms with Gasteiger partial charge in [0.15, 0.2) is 0 Å². The number of phenolic OH excluding ortho intramolecular Hbond substituents is 2. The maximum Gasteiger partial charge on any atom is 0.416 e. The van der Waals surface area contributed by atoms with Gasteiger partial charge in [0.05, 0.1) is 11.6 Å². The van der Waals surface area contributed by atoms with Crippen molar-refractivity contribution < 1.29 is 23.4 Å². The second-order valence-electron chi connectivity index (χ2n) is 6.87. The highest BCUT2D eigenvalue weighted by Gasteiger charge is 2.32. The van der Waals surface area contributed by atoms with Gasteiger partial charge in [-0.05, 0) is 71.6 Å². The van der Waals surface area contributed by atoms with Crippen LogP contribution in [0.3, 0.4) is 0 Å². The highest BCUT2D eigenvalue weighted by atomic mass is 19.4. The van der Waals surface area contributed by atoms with Gasteiger partial charge in [0, 0.05) is 12.2 Å². The van der Waals surface area contributed by atoms with Crippen LogP contribution >= 0.6 is 0 Å². The van der Waals surface area contributed by atoms with E-state index < -0.39 is 11.7 Å². The van der Waals surface area contributed by atoms with Crippen LogP contribution in [0.1, 0.15) is 28.3 Å². The normalized spacial score (nSPS) is 16.7. The van der Waals surface area contributed by atoms with Crippen molar-refractivity contribution >= 4 is 5.69 Å². The van der Waals surface area contributed by atoms with Gasteiger partial charge in [-0.25, -0.2) is 0 Å². The van der Waals surface area contributed by atoms with Gasteiger partial charge >= 0.3 is 6.18 Å². The topological polar surface area (TPSA) is 43.7 Å². The number of aromatic hydroxyl groups is 2. The van der Waals surface area contributed by atoms with Crippen molar-refractivity contribution in [2.24, 2.45) is 0 Å². The molecular weight excluding hydrogens is 367 g/mol. The Hall–Kier alpha value is -3.15. The molecule has 6 heteroatoms. The molecule has 3 aromatic carbocycles. The molecule has 1 aliphatic rings. The van der Waals surface area contributed by atoms with Gasteiger partial charge in [-0.1, -0.05) is 18.2 Å². The van der Waals surface area contributed by atoms with Crippen molar-refractivity contribution in [1.29, 1.82) is 0 Å². The van der Waals surface area contributed by atoms with E-state index in [9.17, 15) is 23.4 Å². The van der Waals surface area contributed by atoms with Crippen LogP contribution in [0.25, 0.3) is 0 Å². The quantitative estimate of drug-likeness (QED) is 0.632. The molecule has 2 N–H and O–H groups in total. The first-order valence-corrected chi connectivity index (χ1v) is 8.87. The predicted molar refractivity (Wildman–Crippen MR) is 101 cm³/mol. The van der Waals surface area contributed by atoms with E-state index in [-0.39, 0.29) is 17.5 Å². The molecule has 0 spiro atoms. The lowest BCUT2D eigenvalue weighted by atomic mass is 9.87. The molecule has 1 atom stereocenters. The van der Waals surface area contributed by atoms with Gasteiger partial charge in [-0.15, -0.1) is 0 Å². The summed E-state index contributed by atoms with van der Waals surface area (Å²) in [6.45, 7) is 0.632. The Kier molecular flexibility index (Phi) is 4.41. The number of fused-ring (bicyclic) bond motifs is 1. The fourth-order valence-corrected chi connectivity index (χ4v) is 3.75. The Morgan fingerprint density at radius 3 is 2.11 bits per heavy atom. The lowest BCUT2D eigenvalue weighted by Gasteiger charge is -2.39. The van der Waals surface area contributed by atoms with Crippen molar-refractivity contribution in [1.82, 2.24) is 0 Å². The highest BCUT2D eigenvalue weighted by molar-refractivity contribution is 5.57. The van der Waals surface area contributed by atoms with Crippen LogP contribution in [0.4, 0.5) is 18.9 Å². The third kappa shape index (κ3) is 3.38. The summed E-state index contributed by atoms with van der Waals surface area (Å²) in [5.74, 6) is 0.320. The van der Waals surface area contributed by atoms with E-state index in [1.807, 2.05) is 6.07 Å². The van der Waals surface area contributed by atoms with Crippen LogP contribution in [0.2, 0.25) is 0 Å². The van der Waals surface area contributed by atoms with E-state index in [1.54, 1.807) is 36.4 Å². The third-order valence-electron chi connectivity index (χ3n) is 5.09. The van der Waals surface area contributed by atoms with Crippen LogP contribution in [0.5, 0.6) is 11.5 Å². The Balaban J connectivity index is 1.81. The molecule has 3 aromatic rings. The Morgan fingerprint density at radius 2 is 1.46 bits per heavy atom. The minimum Gasteiger partial charge on any atom is -0.508 e. The summed E-state index contributed by atoms with van der Waals surface area (Å²) in [4.78, 5) is 2.10. The summed E-state index contributed by atoms with van der Waals surface area (Å²) in [6, 6.07) is 16.8. The first kappa shape index (κ1) is 18.2. The molecule has 0 fully saturated rings. The number of anilines is 1. The Morgan fingerprint density at radius 1 is 0.821 bits per heavy atom. The maximum atomic E-state index is 13.0. The first-order chi connectivity index (χ1) is 13.3. The number of alkyl halides is 3. The number of nitrogens with zero attached hydrogens (tertiary/aromatic N) is 1. The van der Waals surface area contributed by atoms with E-state index in [1.165, 1.54) is 12.1 Å². The fraction of sp³-hybridized carbons (Fsp3) is 0.182. The average Bonchev–Trinajstić information content (AvgIpc) is 2.67.